The van der Waals surface area contributed by atoms with Gasteiger partial charge in [-0.2, -0.15) is 0 Å². The molecular weight excluding hydrogens is 306 g/mol. The number of amides is 1. The van der Waals surface area contributed by atoms with Crippen LogP contribution in [0.25, 0.3) is 11.0 Å². The molecule has 0 spiro atoms. The van der Waals surface area contributed by atoms with Crippen molar-refractivity contribution in [3.05, 3.63) is 36.1 Å². The van der Waals surface area contributed by atoms with Crippen LogP contribution in [0.3, 0.4) is 0 Å². The van der Waals surface area contributed by atoms with E-state index in [0.29, 0.717) is 25.8 Å². The van der Waals surface area contributed by atoms with Crippen LogP contribution in [0.1, 0.15) is 57.8 Å². The Labute approximate surface area is 142 Å². The van der Waals surface area contributed by atoms with Crippen molar-refractivity contribution in [3.63, 3.8) is 0 Å². The van der Waals surface area contributed by atoms with Gasteiger partial charge < -0.3 is 14.4 Å². The second-order valence-electron chi connectivity index (χ2n) is 6.05. The molecule has 0 bridgehead atoms. The monoisotopic (exact) mass is 331 g/mol. The molecule has 1 unspecified atom stereocenters. The summed E-state index contributed by atoms with van der Waals surface area (Å²) in [5.74, 6) is 0.0160. The molecule has 5 nitrogen and oxygen atoms in total. The first kappa shape index (κ1) is 18.0. The molecular formula is C19H25NO4. The predicted octanol–water partition coefficient (Wildman–Crippen LogP) is 4.38. The smallest absolute Gasteiger partial charge is 0.303 e. The molecule has 1 N–H and O–H groups in total. The Balaban J connectivity index is 2.04. The highest BCUT2D eigenvalue weighted by molar-refractivity contribution is 5.79. The number of rotatable bonds is 9. The van der Waals surface area contributed by atoms with Crippen LogP contribution in [0.4, 0.5) is 0 Å². The molecule has 24 heavy (non-hydrogen) atoms. The zero-order valence-corrected chi connectivity index (χ0v) is 14.3. The number of carbonyl (C=O) groups is 2. The third-order valence-electron chi connectivity index (χ3n) is 4.14. The third kappa shape index (κ3) is 4.60. The van der Waals surface area contributed by atoms with Gasteiger partial charge in [0.2, 0.25) is 5.91 Å². The fourth-order valence-electron chi connectivity index (χ4n) is 2.83. The van der Waals surface area contributed by atoms with Crippen LogP contribution in [-0.2, 0) is 9.59 Å². The van der Waals surface area contributed by atoms with Crippen molar-refractivity contribution in [1.29, 1.82) is 0 Å². The molecule has 1 atom stereocenters. The predicted molar refractivity (Wildman–Crippen MR) is 92.7 cm³/mol. The van der Waals surface area contributed by atoms with Crippen molar-refractivity contribution in [2.75, 3.05) is 6.54 Å². The van der Waals surface area contributed by atoms with E-state index in [1.54, 1.807) is 0 Å². The lowest BCUT2D eigenvalue weighted by Gasteiger charge is -2.27. The molecule has 1 heterocycles. The molecule has 1 aromatic carbocycles. The number of hydrogen-bond donors (Lipinski definition) is 1. The van der Waals surface area contributed by atoms with E-state index in [-0.39, 0.29) is 18.4 Å². The lowest BCUT2D eigenvalue weighted by molar-refractivity contribution is -0.138. The highest BCUT2D eigenvalue weighted by atomic mass is 16.4. The number of aliphatic carboxylic acids is 1. The Morgan fingerprint density at radius 2 is 1.92 bits per heavy atom. The minimum atomic E-state index is -0.816. The minimum absolute atomic E-state index is 0.0511. The summed E-state index contributed by atoms with van der Waals surface area (Å²) in [6.07, 6.45) is 2.47. The summed E-state index contributed by atoms with van der Waals surface area (Å²) < 4.78 is 5.89. The van der Waals surface area contributed by atoms with E-state index < -0.39 is 5.97 Å². The first-order chi connectivity index (χ1) is 11.5. The molecule has 0 aliphatic carbocycles. The fourth-order valence-corrected chi connectivity index (χ4v) is 2.83. The first-order valence-corrected chi connectivity index (χ1v) is 8.52. The van der Waals surface area contributed by atoms with Gasteiger partial charge >= 0.3 is 5.97 Å². The molecule has 1 amide bonds. The van der Waals surface area contributed by atoms with Crippen molar-refractivity contribution < 1.29 is 19.1 Å². The number of furan rings is 1. The first-order valence-electron chi connectivity index (χ1n) is 8.52. The molecule has 5 heteroatoms. The SMILES string of the molecule is CCCN(C(=O)CCCCC(=O)O)C(C)c1cc2ccccc2o1. The van der Waals surface area contributed by atoms with Crippen molar-refractivity contribution >= 4 is 22.8 Å². The van der Waals surface area contributed by atoms with Crippen LogP contribution in [0.15, 0.2) is 34.7 Å². The average Bonchev–Trinajstić information content (AvgIpc) is 2.99. The van der Waals surface area contributed by atoms with E-state index in [1.165, 1.54) is 0 Å². The molecule has 2 rings (SSSR count). The van der Waals surface area contributed by atoms with E-state index in [4.69, 9.17) is 9.52 Å². The van der Waals surface area contributed by atoms with Gasteiger partial charge in [-0.05, 0) is 38.3 Å². The van der Waals surface area contributed by atoms with Crippen LogP contribution in [-0.4, -0.2) is 28.4 Å². The summed E-state index contributed by atoms with van der Waals surface area (Å²) in [6, 6.07) is 9.65. The van der Waals surface area contributed by atoms with Gasteiger partial charge in [0.15, 0.2) is 0 Å². The number of carbonyl (C=O) groups excluding carboxylic acids is 1. The van der Waals surface area contributed by atoms with E-state index in [2.05, 4.69) is 0 Å². The standard InChI is InChI=1S/C19H25NO4/c1-3-12-20(18(21)10-6-7-11-19(22)23)14(2)17-13-15-8-4-5-9-16(15)24-17/h4-5,8-9,13-14H,3,6-7,10-12H2,1-2H3,(H,22,23). The summed E-state index contributed by atoms with van der Waals surface area (Å²) in [6.45, 7) is 4.68. The normalized spacial score (nSPS) is 12.2. The molecule has 0 saturated heterocycles. The topological polar surface area (TPSA) is 70.8 Å². The molecule has 1 aromatic heterocycles. The van der Waals surface area contributed by atoms with Gasteiger partial charge in [0.05, 0.1) is 6.04 Å². The van der Waals surface area contributed by atoms with Crippen molar-refractivity contribution in [3.8, 4) is 0 Å². The zero-order chi connectivity index (χ0) is 17.5. The van der Waals surface area contributed by atoms with Gasteiger partial charge in [-0.25, -0.2) is 0 Å². The number of para-hydroxylation sites is 1. The van der Waals surface area contributed by atoms with E-state index in [9.17, 15) is 9.59 Å². The molecule has 2 aromatic rings. The van der Waals surface area contributed by atoms with Gasteiger partial charge in [-0.1, -0.05) is 25.1 Å². The Morgan fingerprint density at radius 3 is 2.58 bits per heavy atom. The number of carboxylic acid groups (broad SMARTS) is 1. The molecule has 130 valence electrons. The molecule has 0 radical (unpaired) electrons. The lowest BCUT2D eigenvalue weighted by Crippen LogP contribution is -2.34. The van der Waals surface area contributed by atoms with E-state index in [0.717, 1.165) is 23.2 Å². The van der Waals surface area contributed by atoms with Crippen LogP contribution in [0.5, 0.6) is 0 Å². The van der Waals surface area contributed by atoms with Crippen molar-refractivity contribution in [2.45, 2.75) is 52.0 Å². The number of benzene rings is 1. The number of unbranched alkanes of at least 4 members (excludes halogenated alkanes) is 1. The third-order valence-corrected chi connectivity index (χ3v) is 4.14. The quantitative estimate of drug-likeness (QED) is 0.692. The number of carboxylic acids is 1. The van der Waals surface area contributed by atoms with Gasteiger partial charge in [-0.15, -0.1) is 0 Å². The van der Waals surface area contributed by atoms with Crippen LogP contribution < -0.4 is 0 Å². The molecule has 0 saturated carbocycles. The van der Waals surface area contributed by atoms with Crippen LogP contribution in [0, 0.1) is 0 Å². The Hall–Kier alpha value is -2.30. The maximum Gasteiger partial charge on any atom is 0.303 e. The van der Waals surface area contributed by atoms with Gasteiger partial charge in [0.1, 0.15) is 11.3 Å². The van der Waals surface area contributed by atoms with Gasteiger partial charge in [-0.3, -0.25) is 9.59 Å². The van der Waals surface area contributed by atoms with Crippen molar-refractivity contribution in [2.24, 2.45) is 0 Å². The maximum absolute atomic E-state index is 12.5. The highest BCUT2D eigenvalue weighted by Crippen LogP contribution is 2.28. The lowest BCUT2D eigenvalue weighted by atomic mass is 10.1. The highest BCUT2D eigenvalue weighted by Gasteiger charge is 2.23. The largest absolute Gasteiger partial charge is 0.481 e. The van der Waals surface area contributed by atoms with Crippen LogP contribution in [0.2, 0.25) is 0 Å². The van der Waals surface area contributed by atoms with Crippen LogP contribution >= 0.6 is 0 Å². The zero-order valence-electron chi connectivity index (χ0n) is 14.3. The second kappa shape index (κ2) is 8.52. The Morgan fingerprint density at radius 1 is 1.21 bits per heavy atom. The average molecular weight is 331 g/mol. The van der Waals surface area contributed by atoms with Gasteiger partial charge in [0, 0.05) is 24.8 Å². The summed E-state index contributed by atoms with van der Waals surface area (Å²) in [5, 5.41) is 9.70. The summed E-state index contributed by atoms with van der Waals surface area (Å²) in [4.78, 5) is 24.9. The number of fused-ring (bicyclic) bond motifs is 1. The second-order valence-corrected chi connectivity index (χ2v) is 6.05. The molecule has 0 aliphatic heterocycles. The van der Waals surface area contributed by atoms with E-state index >= 15 is 0 Å². The summed E-state index contributed by atoms with van der Waals surface area (Å²) >= 11 is 0. The van der Waals surface area contributed by atoms with Gasteiger partial charge in [0.25, 0.3) is 0 Å². The number of nitrogens with zero attached hydrogens (tertiary/aromatic N) is 1. The summed E-state index contributed by atoms with van der Waals surface area (Å²) in [7, 11) is 0. The summed E-state index contributed by atoms with van der Waals surface area (Å²) in [5.41, 5.74) is 0.824. The maximum atomic E-state index is 12.5. The molecule has 0 fully saturated rings. The Kier molecular flexibility index (Phi) is 6.41. The van der Waals surface area contributed by atoms with E-state index in [1.807, 2.05) is 49.1 Å². The minimum Gasteiger partial charge on any atom is -0.481 e. The number of hydrogen-bond acceptors (Lipinski definition) is 3. The molecule has 0 aliphatic rings. The van der Waals surface area contributed by atoms with Crippen molar-refractivity contribution in [1.82, 2.24) is 4.90 Å². The Bertz CT molecular complexity index is 658. The fraction of sp³-hybridized carbons (Fsp3) is 0.474.